The Morgan fingerprint density at radius 2 is 2.10 bits per heavy atom. The number of aliphatic hydroxyl groups excluding tert-OH is 1. The van der Waals surface area contributed by atoms with Crippen LogP contribution in [0.3, 0.4) is 0 Å². The van der Waals surface area contributed by atoms with Crippen molar-refractivity contribution in [2.45, 2.75) is 0 Å². The van der Waals surface area contributed by atoms with E-state index in [4.69, 9.17) is 10.2 Å². The summed E-state index contributed by atoms with van der Waals surface area (Å²) in [4.78, 5) is 9.96. The van der Waals surface area contributed by atoms with Gasteiger partial charge in [0.2, 0.25) is 0 Å². The van der Waals surface area contributed by atoms with Crippen LogP contribution in [0.1, 0.15) is 0 Å². The van der Waals surface area contributed by atoms with Gasteiger partial charge in [-0.25, -0.2) is 0 Å². The van der Waals surface area contributed by atoms with Crippen LogP contribution in [0.5, 0.6) is 0 Å². The van der Waals surface area contributed by atoms with Crippen LogP contribution in [0.15, 0.2) is 0 Å². The number of aliphatic hydroxyl groups is 1. The van der Waals surface area contributed by atoms with Crippen molar-refractivity contribution >= 4 is 45.2 Å². The molecule has 0 fully saturated rings. The predicted molar refractivity (Wildman–Crippen MR) is 47.4 cm³/mol. The monoisotopic (exact) mass is 198 g/mol. The van der Waals surface area contributed by atoms with Crippen LogP contribution in [0, 0.1) is 0 Å². The summed E-state index contributed by atoms with van der Waals surface area (Å²) in [6.45, 7) is 0. The van der Waals surface area contributed by atoms with E-state index in [9.17, 15) is 4.79 Å². The molecule has 0 rings (SSSR count). The van der Waals surface area contributed by atoms with Gasteiger partial charge in [0, 0.05) is 0 Å². The van der Waals surface area contributed by atoms with Gasteiger partial charge in [-0.2, -0.15) is 0 Å². The standard InChI is InChI=1S/C4H6O3S3/c5-2-10-4(8)9-1-3(6)7/h5H,1-2H2,(H,6,7). The maximum Gasteiger partial charge on any atom is 0.313 e. The highest BCUT2D eigenvalue weighted by atomic mass is 32.2. The molecule has 0 saturated heterocycles. The van der Waals surface area contributed by atoms with E-state index in [0.29, 0.717) is 3.53 Å². The lowest BCUT2D eigenvalue weighted by Crippen LogP contribution is -1.99. The number of carboxylic acid groups (broad SMARTS) is 1. The van der Waals surface area contributed by atoms with Crippen molar-refractivity contribution in [3.8, 4) is 0 Å². The molecule has 0 saturated carbocycles. The van der Waals surface area contributed by atoms with Crippen LogP contribution in [0.25, 0.3) is 0 Å². The first-order chi connectivity index (χ1) is 4.66. The van der Waals surface area contributed by atoms with Crippen LogP contribution < -0.4 is 0 Å². The summed E-state index contributed by atoms with van der Waals surface area (Å²) in [6.07, 6.45) is 0. The molecule has 0 heterocycles. The van der Waals surface area contributed by atoms with E-state index in [1.807, 2.05) is 0 Å². The van der Waals surface area contributed by atoms with E-state index in [2.05, 4.69) is 12.2 Å². The molecular weight excluding hydrogens is 192 g/mol. The second kappa shape index (κ2) is 5.96. The van der Waals surface area contributed by atoms with Gasteiger partial charge >= 0.3 is 5.97 Å². The van der Waals surface area contributed by atoms with Gasteiger partial charge in [0.15, 0.2) is 0 Å². The summed E-state index contributed by atoms with van der Waals surface area (Å²) in [5.74, 6) is -1.03. The lowest BCUT2D eigenvalue weighted by molar-refractivity contribution is -0.133. The lowest BCUT2D eigenvalue weighted by atomic mass is 10.8. The Kier molecular flexibility index (Phi) is 6.10. The topological polar surface area (TPSA) is 57.5 Å². The summed E-state index contributed by atoms with van der Waals surface area (Å²) in [5, 5.41) is 16.5. The van der Waals surface area contributed by atoms with Crippen LogP contribution in [0.2, 0.25) is 0 Å². The summed E-state index contributed by atoms with van der Waals surface area (Å²) < 4.78 is 0.463. The number of thiocarbonyl (C=S) groups is 1. The first kappa shape index (κ1) is 10.2. The maximum absolute atomic E-state index is 9.96. The minimum atomic E-state index is -0.897. The first-order valence-corrected chi connectivity index (χ1v) is 4.67. The Labute approximate surface area is 72.2 Å². The highest BCUT2D eigenvalue weighted by Gasteiger charge is 2.01. The average Bonchev–Trinajstić information content (AvgIpc) is 1.85. The number of carboxylic acids is 1. The highest BCUT2D eigenvalue weighted by molar-refractivity contribution is 8.47. The number of carbonyl (C=O) groups is 1. The SMILES string of the molecule is O=C(O)CSC(=S)SCO. The maximum atomic E-state index is 9.96. The molecule has 6 heteroatoms. The van der Waals surface area contributed by atoms with Crippen molar-refractivity contribution in [3.63, 3.8) is 0 Å². The van der Waals surface area contributed by atoms with Crippen molar-refractivity contribution < 1.29 is 15.0 Å². The number of aliphatic carboxylic acids is 1. The van der Waals surface area contributed by atoms with Gasteiger partial charge in [0.1, 0.15) is 3.53 Å². The van der Waals surface area contributed by atoms with E-state index in [1.165, 1.54) is 0 Å². The van der Waals surface area contributed by atoms with Crippen LogP contribution in [-0.2, 0) is 4.79 Å². The molecule has 0 radical (unpaired) electrons. The fourth-order valence-corrected chi connectivity index (χ4v) is 1.56. The van der Waals surface area contributed by atoms with Crippen molar-refractivity contribution in [2.75, 3.05) is 11.7 Å². The third-order valence-corrected chi connectivity index (χ3v) is 2.90. The molecule has 0 aliphatic carbocycles. The molecule has 0 atom stereocenters. The van der Waals surface area contributed by atoms with Gasteiger partial charge in [-0.05, 0) is 0 Å². The van der Waals surface area contributed by atoms with Gasteiger partial charge in [-0.3, -0.25) is 4.79 Å². The largest absolute Gasteiger partial charge is 0.481 e. The lowest BCUT2D eigenvalue weighted by Gasteiger charge is -1.95. The van der Waals surface area contributed by atoms with Gasteiger partial charge in [-0.1, -0.05) is 35.7 Å². The van der Waals surface area contributed by atoms with Crippen molar-refractivity contribution in [3.05, 3.63) is 0 Å². The Hall–Kier alpha value is 0.220. The molecule has 0 aromatic rings. The van der Waals surface area contributed by atoms with Crippen molar-refractivity contribution in [1.82, 2.24) is 0 Å². The van der Waals surface area contributed by atoms with E-state index in [1.54, 1.807) is 0 Å². The molecule has 0 amide bonds. The molecule has 3 nitrogen and oxygen atoms in total. The Bertz CT molecular complexity index is 136. The fourth-order valence-electron chi connectivity index (χ4n) is 0.215. The van der Waals surface area contributed by atoms with E-state index in [-0.39, 0.29) is 11.7 Å². The van der Waals surface area contributed by atoms with Crippen LogP contribution in [-0.4, -0.2) is 31.4 Å². The van der Waals surface area contributed by atoms with E-state index in [0.717, 1.165) is 23.5 Å². The summed E-state index contributed by atoms with van der Waals surface area (Å²) in [6, 6.07) is 0. The second-order valence-electron chi connectivity index (χ2n) is 1.21. The number of hydrogen-bond donors (Lipinski definition) is 2. The summed E-state index contributed by atoms with van der Waals surface area (Å²) in [5.41, 5.74) is 0. The van der Waals surface area contributed by atoms with Crippen LogP contribution in [0.4, 0.5) is 0 Å². The minimum absolute atomic E-state index is 0.0359. The van der Waals surface area contributed by atoms with Gasteiger partial charge in [0.25, 0.3) is 0 Å². The quantitative estimate of drug-likeness (QED) is 0.516. The van der Waals surface area contributed by atoms with Gasteiger partial charge < -0.3 is 10.2 Å². The van der Waals surface area contributed by atoms with Gasteiger partial charge in [-0.15, -0.1) is 0 Å². The van der Waals surface area contributed by atoms with Gasteiger partial charge in [0.05, 0.1) is 11.7 Å². The highest BCUT2D eigenvalue weighted by Crippen LogP contribution is 2.15. The molecule has 58 valence electrons. The fraction of sp³-hybridized carbons (Fsp3) is 0.500. The van der Waals surface area contributed by atoms with E-state index >= 15 is 0 Å². The number of rotatable bonds is 3. The molecule has 0 spiro atoms. The molecule has 0 aromatic carbocycles. The third-order valence-electron chi connectivity index (χ3n) is 0.496. The Balaban J connectivity index is 3.30. The predicted octanol–water partition coefficient (Wildman–Crippen LogP) is 0.772. The average molecular weight is 198 g/mol. The second-order valence-corrected chi connectivity index (χ2v) is 4.33. The third kappa shape index (κ3) is 6.34. The first-order valence-electron chi connectivity index (χ1n) is 2.29. The zero-order chi connectivity index (χ0) is 7.98. The van der Waals surface area contributed by atoms with Crippen LogP contribution >= 0.6 is 35.7 Å². The normalized spacial score (nSPS) is 9.30. The van der Waals surface area contributed by atoms with Crippen molar-refractivity contribution in [1.29, 1.82) is 0 Å². The zero-order valence-corrected chi connectivity index (χ0v) is 7.39. The van der Waals surface area contributed by atoms with Crippen molar-refractivity contribution in [2.24, 2.45) is 0 Å². The Morgan fingerprint density at radius 1 is 1.50 bits per heavy atom. The number of hydrogen-bond acceptors (Lipinski definition) is 5. The molecule has 0 unspecified atom stereocenters. The summed E-state index contributed by atoms with van der Waals surface area (Å²) in [7, 11) is 0. The minimum Gasteiger partial charge on any atom is -0.481 e. The molecule has 0 aromatic heterocycles. The zero-order valence-electron chi connectivity index (χ0n) is 4.94. The molecule has 0 aliphatic rings. The van der Waals surface area contributed by atoms with E-state index < -0.39 is 5.97 Å². The molecule has 10 heavy (non-hydrogen) atoms. The molecule has 2 N–H and O–H groups in total. The molecule has 0 aliphatic heterocycles. The molecular formula is C4H6O3S3. The molecule has 0 bridgehead atoms. The number of thioether (sulfide) groups is 2. The smallest absolute Gasteiger partial charge is 0.313 e. The summed E-state index contributed by atoms with van der Waals surface area (Å²) >= 11 is 6.78. The Morgan fingerprint density at radius 3 is 2.50 bits per heavy atom.